The lowest BCUT2D eigenvalue weighted by atomic mass is 10.2. The van der Waals surface area contributed by atoms with Crippen LogP contribution >= 0.6 is 15.9 Å². The van der Waals surface area contributed by atoms with Crippen LogP contribution in [0.25, 0.3) is 10.9 Å². The van der Waals surface area contributed by atoms with Crippen LogP contribution in [-0.2, 0) is 0 Å². The van der Waals surface area contributed by atoms with Crippen LogP contribution in [-0.4, -0.2) is 11.3 Å². The number of nitrogens with one attached hydrogen (secondary N) is 1. The molecule has 0 atom stereocenters. The molecular weight excluding hydrogens is 306 g/mol. The van der Waals surface area contributed by atoms with Crippen molar-refractivity contribution in [2.45, 2.75) is 0 Å². The molecule has 0 radical (unpaired) electrons. The van der Waals surface area contributed by atoms with Gasteiger partial charge in [0.2, 0.25) is 0 Å². The Kier molecular flexibility index (Phi) is 3.09. The molecule has 3 nitrogen and oxygen atoms in total. The van der Waals surface area contributed by atoms with Gasteiger partial charge in [-0.05, 0) is 40.2 Å². The largest absolute Gasteiger partial charge is 0.457 e. The number of aldehydes is 1. The van der Waals surface area contributed by atoms with Gasteiger partial charge in [-0.15, -0.1) is 0 Å². The van der Waals surface area contributed by atoms with Crippen molar-refractivity contribution in [2.24, 2.45) is 0 Å². The van der Waals surface area contributed by atoms with E-state index in [0.717, 1.165) is 27.4 Å². The van der Waals surface area contributed by atoms with Crippen molar-refractivity contribution in [3.8, 4) is 11.5 Å². The monoisotopic (exact) mass is 315 g/mol. The fourth-order valence-corrected chi connectivity index (χ4v) is 2.49. The third-order valence-corrected chi connectivity index (χ3v) is 3.44. The van der Waals surface area contributed by atoms with Crippen LogP contribution in [0.3, 0.4) is 0 Å². The van der Waals surface area contributed by atoms with Crippen LogP contribution in [0.1, 0.15) is 10.5 Å². The van der Waals surface area contributed by atoms with Crippen LogP contribution in [0, 0.1) is 0 Å². The van der Waals surface area contributed by atoms with E-state index >= 15 is 0 Å². The molecule has 0 saturated carbocycles. The number of hydrogen-bond acceptors (Lipinski definition) is 2. The highest BCUT2D eigenvalue weighted by molar-refractivity contribution is 9.10. The summed E-state index contributed by atoms with van der Waals surface area (Å²) in [6, 6.07) is 15.1. The van der Waals surface area contributed by atoms with E-state index in [1.807, 2.05) is 42.5 Å². The number of carbonyl (C=O) groups is 1. The predicted octanol–water partition coefficient (Wildman–Crippen LogP) is 4.54. The SMILES string of the molecule is O=Cc1cc2c(Br)cc(Oc3ccccc3)cc2[nH]1. The maximum Gasteiger partial charge on any atom is 0.166 e. The Morgan fingerprint density at radius 1 is 1.05 bits per heavy atom. The minimum atomic E-state index is 0.549. The molecule has 1 N–H and O–H groups in total. The number of fused-ring (bicyclic) bond motifs is 1. The summed E-state index contributed by atoms with van der Waals surface area (Å²) in [5.41, 5.74) is 1.41. The van der Waals surface area contributed by atoms with Crippen molar-refractivity contribution < 1.29 is 9.53 Å². The zero-order valence-corrected chi connectivity index (χ0v) is 11.5. The Labute approximate surface area is 118 Å². The Morgan fingerprint density at radius 2 is 1.84 bits per heavy atom. The molecule has 0 bridgehead atoms. The highest BCUT2D eigenvalue weighted by Crippen LogP contribution is 2.32. The molecule has 0 spiro atoms. The number of ether oxygens (including phenoxy) is 1. The molecule has 2 aromatic carbocycles. The molecule has 1 heterocycles. The molecule has 4 heteroatoms. The zero-order valence-electron chi connectivity index (χ0n) is 9.89. The van der Waals surface area contributed by atoms with Crippen molar-refractivity contribution >= 4 is 33.1 Å². The number of H-pyrrole nitrogens is 1. The number of benzene rings is 2. The molecule has 3 rings (SSSR count). The van der Waals surface area contributed by atoms with Crippen LogP contribution in [0.15, 0.2) is 53.0 Å². The van der Waals surface area contributed by atoms with E-state index in [1.54, 1.807) is 6.07 Å². The first kappa shape index (κ1) is 12.0. The van der Waals surface area contributed by atoms with Crippen molar-refractivity contribution in [1.82, 2.24) is 4.98 Å². The normalized spacial score (nSPS) is 10.6. The fraction of sp³-hybridized carbons (Fsp3) is 0. The molecule has 3 aromatic rings. The van der Waals surface area contributed by atoms with Crippen LogP contribution in [0.5, 0.6) is 11.5 Å². The van der Waals surface area contributed by atoms with E-state index in [2.05, 4.69) is 20.9 Å². The van der Waals surface area contributed by atoms with E-state index < -0.39 is 0 Å². The average molecular weight is 316 g/mol. The smallest absolute Gasteiger partial charge is 0.166 e. The second kappa shape index (κ2) is 4.90. The molecule has 0 saturated heterocycles. The lowest BCUT2D eigenvalue weighted by Gasteiger charge is -2.06. The number of aromatic amines is 1. The second-order valence-corrected chi connectivity index (χ2v) is 4.98. The van der Waals surface area contributed by atoms with Crippen molar-refractivity contribution in [2.75, 3.05) is 0 Å². The average Bonchev–Trinajstić information content (AvgIpc) is 2.83. The summed E-state index contributed by atoms with van der Waals surface area (Å²) in [4.78, 5) is 13.8. The Bertz CT molecular complexity index is 734. The number of aromatic nitrogens is 1. The number of para-hydroxylation sites is 1. The van der Waals surface area contributed by atoms with E-state index in [9.17, 15) is 4.79 Å². The van der Waals surface area contributed by atoms with Gasteiger partial charge in [0, 0.05) is 15.9 Å². The third kappa shape index (κ3) is 2.39. The molecule has 0 aliphatic carbocycles. The van der Waals surface area contributed by atoms with Gasteiger partial charge in [0.15, 0.2) is 6.29 Å². The van der Waals surface area contributed by atoms with Crippen molar-refractivity contribution in [3.05, 3.63) is 58.7 Å². The van der Waals surface area contributed by atoms with Gasteiger partial charge in [-0.3, -0.25) is 4.79 Å². The van der Waals surface area contributed by atoms with Gasteiger partial charge in [-0.1, -0.05) is 18.2 Å². The summed E-state index contributed by atoms with van der Waals surface area (Å²) < 4.78 is 6.66. The molecule has 0 aliphatic heterocycles. The molecule has 0 amide bonds. The van der Waals surface area contributed by atoms with Crippen molar-refractivity contribution in [1.29, 1.82) is 0 Å². The molecule has 94 valence electrons. The topological polar surface area (TPSA) is 42.1 Å². The summed E-state index contributed by atoms with van der Waals surface area (Å²) in [6.07, 6.45) is 0.796. The summed E-state index contributed by atoms with van der Waals surface area (Å²) in [5.74, 6) is 1.49. The fourth-order valence-electron chi connectivity index (χ4n) is 1.94. The number of rotatable bonds is 3. The van der Waals surface area contributed by atoms with Gasteiger partial charge >= 0.3 is 0 Å². The summed E-state index contributed by atoms with van der Waals surface area (Å²) in [5, 5.41) is 0.961. The van der Waals surface area contributed by atoms with Gasteiger partial charge < -0.3 is 9.72 Å². The van der Waals surface area contributed by atoms with Crippen LogP contribution < -0.4 is 4.74 Å². The lowest BCUT2D eigenvalue weighted by Crippen LogP contribution is -1.84. The van der Waals surface area contributed by atoms with Crippen molar-refractivity contribution in [3.63, 3.8) is 0 Å². The van der Waals surface area contributed by atoms with E-state index in [4.69, 9.17) is 4.74 Å². The Hall–Kier alpha value is -2.07. The molecule has 1 aromatic heterocycles. The summed E-state index contributed by atoms with van der Waals surface area (Å²) >= 11 is 3.49. The molecule has 19 heavy (non-hydrogen) atoms. The molecule has 0 aliphatic rings. The van der Waals surface area contributed by atoms with Gasteiger partial charge in [0.25, 0.3) is 0 Å². The lowest BCUT2D eigenvalue weighted by molar-refractivity contribution is 0.112. The third-order valence-electron chi connectivity index (χ3n) is 2.79. The van der Waals surface area contributed by atoms with E-state index in [1.165, 1.54) is 0 Å². The van der Waals surface area contributed by atoms with Gasteiger partial charge in [-0.2, -0.15) is 0 Å². The first-order valence-corrected chi connectivity index (χ1v) is 6.56. The zero-order chi connectivity index (χ0) is 13.2. The Morgan fingerprint density at radius 3 is 2.58 bits per heavy atom. The maximum atomic E-state index is 10.8. The first-order chi connectivity index (χ1) is 9.26. The molecular formula is C15H10BrNO2. The standard InChI is InChI=1S/C15H10BrNO2/c16-14-7-12(19-11-4-2-1-3-5-11)8-15-13(14)6-10(9-18)17-15/h1-9,17H. The number of hydrogen-bond donors (Lipinski definition) is 1. The molecule has 0 unspecified atom stereocenters. The first-order valence-electron chi connectivity index (χ1n) is 5.76. The van der Waals surface area contributed by atoms with Crippen LogP contribution in [0.4, 0.5) is 0 Å². The minimum Gasteiger partial charge on any atom is -0.457 e. The quantitative estimate of drug-likeness (QED) is 0.721. The van der Waals surface area contributed by atoms with Gasteiger partial charge in [0.05, 0.1) is 11.2 Å². The number of carbonyl (C=O) groups excluding carboxylic acids is 1. The van der Waals surface area contributed by atoms with Crippen LogP contribution in [0.2, 0.25) is 0 Å². The summed E-state index contributed by atoms with van der Waals surface area (Å²) in [7, 11) is 0. The Balaban J connectivity index is 2.03. The predicted molar refractivity (Wildman–Crippen MR) is 77.9 cm³/mol. The number of halogens is 1. The highest BCUT2D eigenvalue weighted by Gasteiger charge is 2.07. The maximum absolute atomic E-state index is 10.8. The van der Waals surface area contributed by atoms with E-state index in [0.29, 0.717) is 11.4 Å². The van der Waals surface area contributed by atoms with Gasteiger partial charge in [0.1, 0.15) is 11.5 Å². The second-order valence-electron chi connectivity index (χ2n) is 4.12. The van der Waals surface area contributed by atoms with E-state index in [-0.39, 0.29) is 0 Å². The molecule has 0 fully saturated rings. The van der Waals surface area contributed by atoms with Gasteiger partial charge in [-0.25, -0.2) is 0 Å². The summed E-state index contributed by atoms with van der Waals surface area (Å²) in [6.45, 7) is 0. The minimum absolute atomic E-state index is 0.549. The highest BCUT2D eigenvalue weighted by atomic mass is 79.9.